The van der Waals surface area contributed by atoms with Crippen LogP contribution < -0.4 is 5.32 Å². The highest BCUT2D eigenvalue weighted by atomic mass is 19.4. The van der Waals surface area contributed by atoms with Crippen molar-refractivity contribution in [2.45, 2.75) is 26.1 Å². The third-order valence-electron chi connectivity index (χ3n) is 1.61. The van der Waals surface area contributed by atoms with Gasteiger partial charge in [-0.3, -0.25) is 0 Å². The quantitative estimate of drug-likeness (QED) is 0.775. The first-order chi connectivity index (χ1) is 6.41. The van der Waals surface area contributed by atoms with E-state index in [-0.39, 0.29) is 11.7 Å². The minimum Gasteiger partial charge on any atom is -0.382 e. The molecule has 1 rings (SSSR count). The zero-order chi connectivity index (χ0) is 10.8. The minimum atomic E-state index is -4.32. The molecule has 77 valence electrons. The van der Waals surface area contributed by atoms with Crippen LogP contribution in [0.1, 0.15) is 19.4 Å². The second-order valence-electron chi connectivity index (χ2n) is 3.27. The number of hydrogen-bond acceptors (Lipinski definition) is 1. The highest BCUT2D eigenvalue weighted by Gasteiger charge is 2.33. The molecule has 1 aromatic rings. The van der Waals surface area contributed by atoms with E-state index < -0.39 is 11.7 Å². The molecule has 1 aromatic carbocycles. The first kappa shape index (κ1) is 10.9. The van der Waals surface area contributed by atoms with Gasteiger partial charge in [-0.25, -0.2) is 0 Å². The van der Waals surface area contributed by atoms with Crippen LogP contribution in [0.15, 0.2) is 18.2 Å². The zero-order valence-corrected chi connectivity index (χ0v) is 7.94. The molecule has 0 aliphatic carbocycles. The lowest BCUT2D eigenvalue weighted by atomic mass is 10.1. The summed E-state index contributed by atoms with van der Waals surface area (Å²) < 4.78 is 37.3. The summed E-state index contributed by atoms with van der Waals surface area (Å²) in [7, 11) is 0. The van der Waals surface area contributed by atoms with Crippen LogP contribution in [0.2, 0.25) is 0 Å². The molecule has 0 saturated carbocycles. The van der Waals surface area contributed by atoms with E-state index in [1.54, 1.807) is 13.8 Å². The summed E-state index contributed by atoms with van der Waals surface area (Å²) in [4.78, 5) is 0. The molecule has 1 nitrogen and oxygen atoms in total. The fourth-order valence-corrected chi connectivity index (χ4v) is 1.10. The summed E-state index contributed by atoms with van der Waals surface area (Å²) in [5.74, 6) is 0. The van der Waals surface area contributed by atoms with Gasteiger partial charge in [0.15, 0.2) is 0 Å². The molecule has 0 bridgehead atoms. The lowest BCUT2D eigenvalue weighted by Crippen LogP contribution is -2.15. The molecule has 1 N–H and O–H groups in total. The maximum absolute atomic E-state index is 12.4. The predicted molar refractivity (Wildman–Crippen MR) is 49.0 cm³/mol. The van der Waals surface area contributed by atoms with E-state index in [4.69, 9.17) is 0 Å². The van der Waals surface area contributed by atoms with Gasteiger partial charge in [-0.05, 0) is 32.0 Å². The molecule has 0 unspecified atom stereocenters. The monoisotopic (exact) mass is 202 g/mol. The normalized spacial score (nSPS) is 11.9. The fraction of sp³-hybridized carbons (Fsp3) is 0.400. The molecule has 0 saturated heterocycles. The van der Waals surface area contributed by atoms with Crippen molar-refractivity contribution in [1.29, 1.82) is 0 Å². The predicted octanol–water partition coefficient (Wildman–Crippen LogP) is 3.33. The van der Waals surface area contributed by atoms with E-state index >= 15 is 0 Å². The summed E-state index contributed by atoms with van der Waals surface area (Å²) in [6, 6.07) is 6.18. The molecule has 0 aliphatic heterocycles. The largest absolute Gasteiger partial charge is 0.418 e. The molecule has 0 aliphatic rings. The van der Waals surface area contributed by atoms with Crippen molar-refractivity contribution in [2.75, 3.05) is 5.32 Å². The number of nitrogens with one attached hydrogen (secondary N) is 1. The lowest BCUT2D eigenvalue weighted by Gasteiger charge is -2.16. The Morgan fingerprint density at radius 3 is 2.50 bits per heavy atom. The van der Waals surface area contributed by atoms with Gasteiger partial charge in [0.1, 0.15) is 0 Å². The number of alkyl halides is 3. The van der Waals surface area contributed by atoms with Gasteiger partial charge in [0.05, 0.1) is 5.56 Å². The summed E-state index contributed by atoms with van der Waals surface area (Å²) in [6.07, 6.45) is -4.32. The van der Waals surface area contributed by atoms with Gasteiger partial charge in [-0.1, -0.05) is 6.07 Å². The van der Waals surface area contributed by atoms with Gasteiger partial charge in [-0.15, -0.1) is 0 Å². The van der Waals surface area contributed by atoms with Crippen LogP contribution in [0.5, 0.6) is 0 Å². The Kier molecular flexibility index (Phi) is 3.03. The van der Waals surface area contributed by atoms with E-state index in [9.17, 15) is 13.2 Å². The first-order valence-electron chi connectivity index (χ1n) is 4.25. The molecule has 0 spiro atoms. The third-order valence-corrected chi connectivity index (χ3v) is 1.61. The Hall–Kier alpha value is -1.19. The molecule has 0 fully saturated rings. The van der Waals surface area contributed by atoms with Crippen molar-refractivity contribution in [1.82, 2.24) is 0 Å². The number of anilines is 1. The smallest absolute Gasteiger partial charge is 0.382 e. The van der Waals surface area contributed by atoms with Gasteiger partial charge in [0.25, 0.3) is 0 Å². The zero-order valence-electron chi connectivity index (χ0n) is 7.94. The molecule has 14 heavy (non-hydrogen) atoms. The highest BCUT2D eigenvalue weighted by molar-refractivity contribution is 5.52. The highest BCUT2D eigenvalue weighted by Crippen LogP contribution is 2.34. The summed E-state index contributed by atoms with van der Waals surface area (Å²) >= 11 is 0. The molecule has 0 amide bonds. The number of hydrogen-bond donors (Lipinski definition) is 1. The second-order valence-corrected chi connectivity index (χ2v) is 3.27. The topological polar surface area (TPSA) is 12.0 Å². The molecular weight excluding hydrogens is 191 g/mol. The van der Waals surface area contributed by atoms with Crippen molar-refractivity contribution < 1.29 is 13.2 Å². The molecule has 0 heterocycles. The fourth-order valence-electron chi connectivity index (χ4n) is 1.10. The summed E-state index contributed by atoms with van der Waals surface area (Å²) in [5.41, 5.74) is -0.569. The van der Waals surface area contributed by atoms with Crippen molar-refractivity contribution in [3.8, 4) is 0 Å². The van der Waals surface area contributed by atoms with Crippen LogP contribution in [-0.4, -0.2) is 6.04 Å². The van der Waals surface area contributed by atoms with E-state index in [0.29, 0.717) is 0 Å². The van der Waals surface area contributed by atoms with Crippen molar-refractivity contribution >= 4 is 5.69 Å². The number of halogens is 3. The lowest BCUT2D eigenvalue weighted by molar-refractivity contribution is -0.137. The first-order valence-corrected chi connectivity index (χ1v) is 4.25. The Morgan fingerprint density at radius 1 is 1.36 bits per heavy atom. The number of benzene rings is 1. The number of rotatable bonds is 2. The van der Waals surface area contributed by atoms with Crippen LogP contribution in [0.25, 0.3) is 0 Å². The van der Waals surface area contributed by atoms with Crippen LogP contribution >= 0.6 is 0 Å². The van der Waals surface area contributed by atoms with Crippen LogP contribution in [0.3, 0.4) is 0 Å². The van der Waals surface area contributed by atoms with E-state index in [2.05, 4.69) is 11.4 Å². The Morgan fingerprint density at radius 2 is 2.00 bits per heavy atom. The van der Waals surface area contributed by atoms with Crippen molar-refractivity contribution in [3.63, 3.8) is 0 Å². The average Bonchev–Trinajstić information content (AvgIpc) is 2.01. The Balaban J connectivity index is 3.04. The minimum absolute atomic E-state index is 0.0292. The van der Waals surface area contributed by atoms with Crippen molar-refractivity contribution in [3.05, 3.63) is 29.8 Å². The van der Waals surface area contributed by atoms with Gasteiger partial charge >= 0.3 is 6.18 Å². The van der Waals surface area contributed by atoms with E-state index in [1.165, 1.54) is 12.1 Å². The van der Waals surface area contributed by atoms with Gasteiger partial charge in [0, 0.05) is 11.7 Å². The van der Waals surface area contributed by atoms with Crippen LogP contribution in [-0.2, 0) is 6.18 Å². The SMILES string of the molecule is CC(C)Nc1cc[c]cc1C(F)(F)F. The molecule has 0 atom stereocenters. The average molecular weight is 202 g/mol. The summed E-state index contributed by atoms with van der Waals surface area (Å²) in [6.45, 7) is 3.58. The van der Waals surface area contributed by atoms with Crippen LogP contribution in [0.4, 0.5) is 18.9 Å². The standard InChI is InChI=1S/C10H11F3N/c1-7(2)14-9-6-4-3-5-8(9)10(11,12)13/h4-7,14H,1-2H3. The van der Waals surface area contributed by atoms with Gasteiger partial charge in [0.2, 0.25) is 0 Å². The third kappa shape index (κ3) is 2.65. The van der Waals surface area contributed by atoms with E-state index in [1.807, 2.05) is 0 Å². The molecule has 0 aromatic heterocycles. The molecule has 1 radical (unpaired) electrons. The second kappa shape index (κ2) is 3.90. The van der Waals surface area contributed by atoms with Crippen LogP contribution in [0, 0.1) is 6.07 Å². The maximum Gasteiger partial charge on any atom is 0.418 e. The maximum atomic E-state index is 12.4. The van der Waals surface area contributed by atoms with Gasteiger partial charge < -0.3 is 5.32 Å². The molecular formula is C10H11F3N. The molecule has 4 heteroatoms. The van der Waals surface area contributed by atoms with Crippen molar-refractivity contribution in [2.24, 2.45) is 0 Å². The Bertz CT molecular complexity index is 304. The van der Waals surface area contributed by atoms with E-state index in [0.717, 1.165) is 6.07 Å². The Labute approximate surface area is 80.9 Å². The van der Waals surface area contributed by atoms with Gasteiger partial charge in [-0.2, -0.15) is 13.2 Å². The summed E-state index contributed by atoms with van der Waals surface area (Å²) in [5, 5.41) is 2.74.